The molecule has 0 radical (unpaired) electrons. The summed E-state index contributed by atoms with van der Waals surface area (Å²) in [5, 5.41) is 8.01. The summed E-state index contributed by atoms with van der Waals surface area (Å²) in [7, 11) is 1.49. The molecule has 3 rings (SSSR count). The number of ether oxygens (including phenoxy) is 1. The van der Waals surface area contributed by atoms with Crippen molar-refractivity contribution in [3.05, 3.63) is 53.7 Å². The Kier molecular flexibility index (Phi) is 3.84. The fraction of sp³-hybridized carbons (Fsp3) is 0.125. The van der Waals surface area contributed by atoms with E-state index >= 15 is 0 Å². The minimum atomic E-state index is -0.290. The normalized spacial score (nSPS) is 10.7. The van der Waals surface area contributed by atoms with Gasteiger partial charge in [-0.25, -0.2) is 4.39 Å². The molecule has 0 amide bonds. The monoisotopic (exact) mass is 314 g/mol. The summed E-state index contributed by atoms with van der Waals surface area (Å²) in [6.07, 6.45) is 0.403. The molecule has 0 saturated carbocycles. The lowest BCUT2D eigenvalue weighted by Gasteiger charge is -2.10. The standard InChI is InChI=1S/C16H15FN4O2/c1-22-15-11(6-7-12(18)14(15)19)16-21-20-13(23-16)8-9-2-4-10(17)5-3-9/h2-7H,8,18-19H2,1H3. The van der Waals surface area contributed by atoms with Gasteiger partial charge in [0.2, 0.25) is 5.89 Å². The second kappa shape index (κ2) is 5.96. The molecule has 4 N–H and O–H groups in total. The molecule has 0 atom stereocenters. The van der Waals surface area contributed by atoms with Crippen LogP contribution in [0, 0.1) is 5.82 Å². The second-order valence-corrected chi connectivity index (χ2v) is 4.95. The van der Waals surface area contributed by atoms with Crippen molar-refractivity contribution < 1.29 is 13.5 Å². The van der Waals surface area contributed by atoms with Gasteiger partial charge in [0.1, 0.15) is 5.82 Å². The summed E-state index contributed by atoms with van der Waals surface area (Å²) in [5.41, 5.74) is 13.8. The molecule has 0 aliphatic heterocycles. The van der Waals surface area contributed by atoms with Gasteiger partial charge < -0.3 is 20.6 Å². The lowest BCUT2D eigenvalue weighted by Crippen LogP contribution is -2.00. The maximum Gasteiger partial charge on any atom is 0.251 e. The first kappa shape index (κ1) is 14.8. The lowest BCUT2D eigenvalue weighted by molar-refractivity contribution is 0.416. The van der Waals surface area contributed by atoms with Crippen molar-refractivity contribution in [2.75, 3.05) is 18.6 Å². The molecule has 3 aromatic rings. The molecule has 0 aliphatic rings. The molecule has 2 aromatic carbocycles. The number of benzene rings is 2. The first-order chi connectivity index (χ1) is 11.1. The van der Waals surface area contributed by atoms with Crippen LogP contribution in [-0.4, -0.2) is 17.3 Å². The molecule has 0 bridgehead atoms. The number of methoxy groups -OCH3 is 1. The van der Waals surface area contributed by atoms with E-state index in [2.05, 4.69) is 10.2 Å². The van der Waals surface area contributed by atoms with E-state index < -0.39 is 0 Å². The topological polar surface area (TPSA) is 100 Å². The zero-order chi connectivity index (χ0) is 16.4. The van der Waals surface area contributed by atoms with Crippen molar-refractivity contribution in [2.24, 2.45) is 0 Å². The number of halogens is 1. The molecule has 23 heavy (non-hydrogen) atoms. The Balaban J connectivity index is 1.90. The summed E-state index contributed by atoms with van der Waals surface area (Å²) in [6, 6.07) is 9.46. The quantitative estimate of drug-likeness (QED) is 0.718. The minimum absolute atomic E-state index is 0.283. The molecule has 1 heterocycles. The highest BCUT2D eigenvalue weighted by Crippen LogP contribution is 2.37. The zero-order valence-corrected chi connectivity index (χ0v) is 12.4. The molecule has 118 valence electrons. The molecular weight excluding hydrogens is 299 g/mol. The Hall–Kier alpha value is -3.09. The molecule has 0 spiro atoms. The highest BCUT2D eigenvalue weighted by Gasteiger charge is 2.17. The van der Waals surface area contributed by atoms with Crippen molar-refractivity contribution >= 4 is 11.4 Å². The Labute approximate surface area is 131 Å². The molecule has 1 aromatic heterocycles. The number of hydrogen-bond donors (Lipinski definition) is 2. The average molecular weight is 314 g/mol. The maximum atomic E-state index is 12.9. The van der Waals surface area contributed by atoms with E-state index in [-0.39, 0.29) is 11.7 Å². The molecule has 0 unspecified atom stereocenters. The Morgan fingerprint density at radius 3 is 2.52 bits per heavy atom. The number of nitrogen functional groups attached to an aromatic ring is 2. The summed E-state index contributed by atoms with van der Waals surface area (Å²) < 4.78 is 23.8. The lowest BCUT2D eigenvalue weighted by atomic mass is 10.1. The molecular formula is C16H15FN4O2. The highest BCUT2D eigenvalue weighted by molar-refractivity contribution is 5.81. The summed E-state index contributed by atoms with van der Waals surface area (Å²) in [6.45, 7) is 0. The Bertz CT molecular complexity index is 831. The SMILES string of the molecule is COc1c(-c2nnc(Cc3ccc(F)cc3)o2)ccc(N)c1N. The molecule has 0 saturated heterocycles. The predicted octanol–water partition coefficient (Wildman–Crippen LogP) is 2.64. The van der Waals surface area contributed by atoms with Gasteiger partial charge in [0.25, 0.3) is 5.89 Å². The average Bonchev–Trinajstić information content (AvgIpc) is 3.00. The van der Waals surface area contributed by atoms with Crippen molar-refractivity contribution in [1.82, 2.24) is 10.2 Å². The van der Waals surface area contributed by atoms with Gasteiger partial charge in [0, 0.05) is 0 Å². The first-order valence-corrected chi connectivity index (χ1v) is 6.87. The van der Waals surface area contributed by atoms with Gasteiger partial charge in [0.05, 0.1) is 30.5 Å². The van der Waals surface area contributed by atoms with Crippen molar-refractivity contribution in [2.45, 2.75) is 6.42 Å². The zero-order valence-electron chi connectivity index (χ0n) is 12.4. The predicted molar refractivity (Wildman–Crippen MR) is 84.3 cm³/mol. The highest BCUT2D eigenvalue weighted by atomic mass is 19.1. The van der Waals surface area contributed by atoms with Gasteiger partial charge in [-0.1, -0.05) is 12.1 Å². The van der Waals surface area contributed by atoms with Crippen molar-refractivity contribution in [1.29, 1.82) is 0 Å². The maximum absolute atomic E-state index is 12.9. The van der Waals surface area contributed by atoms with Crippen LogP contribution in [0.25, 0.3) is 11.5 Å². The fourth-order valence-corrected chi connectivity index (χ4v) is 2.21. The first-order valence-electron chi connectivity index (χ1n) is 6.87. The summed E-state index contributed by atoms with van der Waals surface area (Å²) in [4.78, 5) is 0. The van der Waals surface area contributed by atoms with Gasteiger partial charge in [0.15, 0.2) is 5.75 Å². The number of rotatable bonds is 4. The number of nitrogens with zero attached hydrogens (tertiary/aromatic N) is 2. The van der Waals surface area contributed by atoms with Crippen LogP contribution in [0.15, 0.2) is 40.8 Å². The van der Waals surface area contributed by atoms with E-state index in [1.54, 1.807) is 24.3 Å². The Morgan fingerprint density at radius 1 is 1.09 bits per heavy atom. The van der Waals surface area contributed by atoms with Gasteiger partial charge in [-0.3, -0.25) is 0 Å². The number of aromatic nitrogens is 2. The second-order valence-electron chi connectivity index (χ2n) is 4.95. The van der Waals surface area contributed by atoms with Crippen LogP contribution < -0.4 is 16.2 Å². The van der Waals surface area contributed by atoms with Crippen molar-refractivity contribution in [3.63, 3.8) is 0 Å². The minimum Gasteiger partial charge on any atom is -0.494 e. The smallest absolute Gasteiger partial charge is 0.251 e. The summed E-state index contributed by atoms with van der Waals surface area (Å²) in [5.74, 6) is 0.791. The van der Waals surface area contributed by atoms with Crippen molar-refractivity contribution in [3.8, 4) is 17.2 Å². The van der Waals surface area contributed by atoms with Crippen LogP contribution >= 0.6 is 0 Å². The third-order valence-corrected chi connectivity index (χ3v) is 3.40. The molecule has 0 fully saturated rings. The summed E-state index contributed by atoms with van der Waals surface area (Å²) >= 11 is 0. The third kappa shape index (κ3) is 2.94. The van der Waals surface area contributed by atoms with E-state index in [9.17, 15) is 4.39 Å². The van der Waals surface area contributed by atoms with E-state index in [0.29, 0.717) is 35.0 Å². The van der Waals surface area contributed by atoms with E-state index in [4.69, 9.17) is 20.6 Å². The van der Waals surface area contributed by atoms with Gasteiger partial charge in [-0.15, -0.1) is 10.2 Å². The van der Waals surface area contributed by atoms with Gasteiger partial charge in [-0.2, -0.15) is 0 Å². The molecule has 6 nitrogen and oxygen atoms in total. The third-order valence-electron chi connectivity index (χ3n) is 3.40. The van der Waals surface area contributed by atoms with Crippen LogP contribution in [0.5, 0.6) is 5.75 Å². The molecule has 7 heteroatoms. The number of hydrogen-bond acceptors (Lipinski definition) is 6. The van der Waals surface area contributed by atoms with E-state index in [1.807, 2.05) is 0 Å². The van der Waals surface area contributed by atoms with Gasteiger partial charge in [-0.05, 0) is 29.8 Å². The van der Waals surface area contributed by atoms with Crippen LogP contribution in [0.3, 0.4) is 0 Å². The van der Waals surface area contributed by atoms with E-state index in [1.165, 1.54) is 19.2 Å². The largest absolute Gasteiger partial charge is 0.494 e. The number of anilines is 2. The van der Waals surface area contributed by atoms with Crippen LogP contribution in [0.4, 0.5) is 15.8 Å². The van der Waals surface area contributed by atoms with E-state index in [0.717, 1.165) is 5.56 Å². The van der Waals surface area contributed by atoms with Crippen LogP contribution in [0.1, 0.15) is 11.5 Å². The molecule has 0 aliphatic carbocycles. The number of nitrogens with two attached hydrogens (primary N) is 2. The van der Waals surface area contributed by atoms with Crippen LogP contribution in [0.2, 0.25) is 0 Å². The fourth-order valence-electron chi connectivity index (χ4n) is 2.21. The van der Waals surface area contributed by atoms with Crippen LogP contribution in [-0.2, 0) is 6.42 Å². The Morgan fingerprint density at radius 2 is 1.83 bits per heavy atom. The van der Waals surface area contributed by atoms with Gasteiger partial charge >= 0.3 is 0 Å².